The van der Waals surface area contributed by atoms with Gasteiger partial charge in [0.15, 0.2) is 0 Å². The van der Waals surface area contributed by atoms with Crippen molar-refractivity contribution in [3.8, 4) is 0 Å². The molecule has 0 aromatic heterocycles. The highest BCUT2D eigenvalue weighted by Gasteiger charge is 2.60. The van der Waals surface area contributed by atoms with Gasteiger partial charge in [-0.1, -0.05) is 26.8 Å². The molecule has 0 heterocycles. The van der Waals surface area contributed by atoms with Crippen molar-refractivity contribution in [3.05, 3.63) is 12.7 Å². The Morgan fingerprint density at radius 2 is 1.77 bits per heavy atom. The standard InChI is InChI=1S/C31H50O4/c1-6-7-8-19-34-29(33)14-9-21(2)26-12-13-27-25-11-10-23-20-24(35-22(3)32)15-17-30(23,4)28(25)16-18-31(26,27)5/h6,21,23-28H,1,7-20H2,2-5H3/t21-,23?,24-,25?,26?,27?,28?,30+,31-/m1/s1. The van der Waals surface area contributed by atoms with E-state index in [9.17, 15) is 9.59 Å². The summed E-state index contributed by atoms with van der Waals surface area (Å²) in [6.45, 7) is 13.4. The summed E-state index contributed by atoms with van der Waals surface area (Å²) >= 11 is 0. The number of fused-ring (bicyclic) bond motifs is 5. The zero-order chi connectivity index (χ0) is 25.2. The van der Waals surface area contributed by atoms with Gasteiger partial charge in [-0.2, -0.15) is 0 Å². The second-order valence-electron chi connectivity index (χ2n) is 13.1. The van der Waals surface area contributed by atoms with E-state index in [2.05, 4.69) is 27.4 Å². The molecule has 0 aliphatic heterocycles. The van der Waals surface area contributed by atoms with Crippen molar-refractivity contribution in [2.24, 2.45) is 46.3 Å². The Morgan fingerprint density at radius 3 is 2.51 bits per heavy atom. The van der Waals surface area contributed by atoms with Gasteiger partial charge < -0.3 is 9.47 Å². The average molecular weight is 487 g/mol. The van der Waals surface area contributed by atoms with Crippen LogP contribution in [0.15, 0.2) is 12.7 Å². The van der Waals surface area contributed by atoms with E-state index < -0.39 is 0 Å². The first-order valence-electron chi connectivity index (χ1n) is 14.6. The summed E-state index contributed by atoms with van der Waals surface area (Å²) in [5, 5.41) is 0. The zero-order valence-electron chi connectivity index (χ0n) is 22.9. The third-order valence-corrected chi connectivity index (χ3v) is 11.3. The summed E-state index contributed by atoms with van der Waals surface area (Å²) in [5.74, 6) is 4.39. The van der Waals surface area contributed by atoms with Gasteiger partial charge >= 0.3 is 11.9 Å². The fourth-order valence-electron chi connectivity index (χ4n) is 9.57. The van der Waals surface area contributed by atoms with Gasteiger partial charge in [-0.15, -0.1) is 6.58 Å². The monoisotopic (exact) mass is 486 g/mol. The van der Waals surface area contributed by atoms with Crippen LogP contribution < -0.4 is 0 Å². The summed E-state index contributed by atoms with van der Waals surface area (Å²) in [7, 11) is 0. The van der Waals surface area contributed by atoms with Gasteiger partial charge in [0.25, 0.3) is 0 Å². The van der Waals surface area contributed by atoms with E-state index in [4.69, 9.17) is 9.47 Å². The van der Waals surface area contributed by atoms with Crippen molar-refractivity contribution in [1.29, 1.82) is 0 Å². The lowest BCUT2D eigenvalue weighted by atomic mass is 9.44. The molecule has 0 spiro atoms. The molecule has 4 heteroatoms. The normalized spacial score (nSPS) is 41.1. The molecule has 4 aliphatic carbocycles. The minimum absolute atomic E-state index is 0.0278. The number of carbonyl (C=O) groups excluding carboxylic acids is 2. The largest absolute Gasteiger partial charge is 0.466 e. The van der Waals surface area contributed by atoms with Crippen LogP contribution in [-0.4, -0.2) is 24.6 Å². The van der Waals surface area contributed by atoms with Crippen molar-refractivity contribution in [1.82, 2.24) is 0 Å². The quantitative estimate of drug-likeness (QED) is 0.192. The molecular formula is C31H50O4. The van der Waals surface area contributed by atoms with Gasteiger partial charge in [0.1, 0.15) is 6.10 Å². The Bertz CT molecular complexity index is 776. The minimum atomic E-state index is -0.118. The highest BCUT2D eigenvalue weighted by Crippen LogP contribution is 2.68. The highest BCUT2D eigenvalue weighted by molar-refractivity contribution is 5.69. The number of allylic oxidation sites excluding steroid dienone is 1. The number of ether oxygens (including phenoxy) is 2. The van der Waals surface area contributed by atoms with Crippen molar-refractivity contribution < 1.29 is 19.1 Å². The third-order valence-electron chi connectivity index (χ3n) is 11.3. The third kappa shape index (κ3) is 5.37. The van der Waals surface area contributed by atoms with Crippen molar-refractivity contribution in [3.63, 3.8) is 0 Å². The molecule has 9 atom stereocenters. The van der Waals surface area contributed by atoms with Gasteiger partial charge in [-0.05, 0) is 123 Å². The second-order valence-corrected chi connectivity index (χ2v) is 13.1. The Hall–Kier alpha value is -1.32. The first-order valence-corrected chi connectivity index (χ1v) is 14.6. The molecule has 198 valence electrons. The summed E-state index contributed by atoms with van der Waals surface area (Å²) < 4.78 is 11.1. The number of rotatable bonds is 9. The average Bonchev–Trinajstić information content (AvgIpc) is 3.17. The van der Waals surface area contributed by atoms with Crippen LogP contribution in [0.3, 0.4) is 0 Å². The maximum absolute atomic E-state index is 12.3. The fraction of sp³-hybridized carbons (Fsp3) is 0.871. The summed E-state index contributed by atoms with van der Waals surface area (Å²) in [4.78, 5) is 23.8. The Kier molecular flexibility index (Phi) is 8.38. The van der Waals surface area contributed by atoms with Crippen LogP contribution in [-0.2, 0) is 19.1 Å². The Labute approximate surface area is 214 Å². The predicted molar refractivity (Wildman–Crippen MR) is 140 cm³/mol. The lowest BCUT2D eigenvalue weighted by Gasteiger charge is -2.61. The number of hydrogen-bond donors (Lipinski definition) is 0. The van der Waals surface area contributed by atoms with Crippen molar-refractivity contribution in [2.75, 3.05) is 6.61 Å². The van der Waals surface area contributed by atoms with Gasteiger partial charge in [-0.25, -0.2) is 0 Å². The molecule has 35 heavy (non-hydrogen) atoms. The first-order chi connectivity index (χ1) is 16.7. The van der Waals surface area contributed by atoms with Crippen LogP contribution >= 0.6 is 0 Å². The molecule has 4 aliphatic rings. The van der Waals surface area contributed by atoms with Crippen LogP contribution in [0.2, 0.25) is 0 Å². The van der Waals surface area contributed by atoms with Crippen molar-refractivity contribution >= 4 is 11.9 Å². The maximum atomic E-state index is 12.3. The molecular weight excluding hydrogens is 436 g/mol. The lowest BCUT2D eigenvalue weighted by molar-refractivity contribution is -0.160. The Morgan fingerprint density at radius 1 is 1.03 bits per heavy atom. The topological polar surface area (TPSA) is 52.6 Å². The molecule has 5 unspecified atom stereocenters. The molecule has 0 saturated heterocycles. The van der Waals surface area contributed by atoms with E-state index in [1.807, 2.05) is 6.08 Å². The van der Waals surface area contributed by atoms with E-state index in [0.717, 1.165) is 55.8 Å². The molecule has 4 fully saturated rings. The molecule has 0 aromatic carbocycles. The maximum Gasteiger partial charge on any atom is 0.305 e. The SMILES string of the molecule is C=CCCCOC(=O)CC[C@@H](C)C1CCC2C3CCC4C[C@H](OC(C)=O)CC[C@]4(C)C3CC[C@@]21C. The molecule has 0 aromatic rings. The van der Waals surface area contributed by atoms with E-state index in [1.54, 1.807) is 6.92 Å². The van der Waals surface area contributed by atoms with Gasteiger partial charge in [0.05, 0.1) is 6.61 Å². The predicted octanol–water partition coefficient (Wildman–Crippen LogP) is 7.50. The van der Waals surface area contributed by atoms with E-state index in [-0.39, 0.29) is 18.0 Å². The van der Waals surface area contributed by atoms with Crippen LogP contribution in [0.25, 0.3) is 0 Å². The van der Waals surface area contributed by atoms with Gasteiger partial charge in [0.2, 0.25) is 0 Å². The highest BCUT2D eigenvalue weighted by atomic mass is 16.5. The van der Waals surface area contributed by atoms with Crippen LogP contribution in [0.5, 0.6) is 0 Å². The molecule has 0 radical (unpaired) electrons. The molecule has 0 bridgehead atoms. The zero-order valence-corrected chi connectivity index (χ0v) is 22.9. The van der Waals surface area contributed by atoms with E-state index in [1.165, 1.54) is 44.9 Å². The smallest absolute Gasteiger partial charge is 0.305 e. The summed E-state index contributed by atoms with van der Waals surface area (Å²) in [6, 6.07) is 0. The number of carbonyl (C=O) groups is 2. The van der Waals surface area contributed by atoms with E-state index in [0.29, 0.717) is 35.7 Å². The van der Waals surface area contributed by atoms with Crippen molar-refractivity contribution in [2.45, 2.75) is 117 Å². The molecule has 0 N–H and O–H groups in total. The fourth-order valence-corrected chi connectivity index (χ4v) is 9.57. The van der Waals surface area contributed by atoms with Crippen LogP contribution in [0.1, 0.15) is 111 Å². The minimum Gasteiger partial charge on any atom is -0.466 e. The summed E-state index contributed by atoms with van der Waals surface area (Å²) in [6.07, 6.45) is 16.7. The number of hydrogen-bond acceptors (Lipinski definition) is 4. The van der Waals surface area contributed by atoms with Gasteiger partial charge in [0, 0.05) is 13.3 Å². The lowest BCUT2D eigenvalue weighted by Crippen LogP contribution is -2.54. The second kappa shape index (κ2) is 11.0. The molecule has 4 rings (SSSR count). The Balaban J connectivity index is 1.35. The van der Waals surface area contributed by atoms with Gasteiger partial charge in [-0.3, -0.25) is 9.59 Å². The summed E-state index contributed by atoms with van der Waals surface area (Å²) in [5.41, 5.74) is 0.840. The molecule has 0 amide bonds. The molecule has 4 saturated carbocycles. The molecule has 4 nitrogen and oxygen atoms in total. The van der Waals surface area contributed by atoms with Crippen LogP contribution in [0, 0.1) is 46.3 Å². The van der Waals surface area contributed by atoms with Crippen LogP contribution in [0.4, 0.5) is 0 Å². The number of esters is 2. The first kappa shape index (κ1) is 26.7. The number of unbranched alkanes of at least 4 members (excludes halogenated alkanes) is 1. The van der Waals surface area contributed by atoms with E-state index >= 15 is 0 Å².